The molecular weight excluding hydrogens is 458 g/mol. The van der Waals surface area contributed by atoms with Crippen molar-refractivity contribution in [1.82, 2.24) is 16.0 Å². The Labute approximate surface area is 203 Å². The van der Waals surface area contributed by atoms with Crippen molar-refractivity contribution in [1.29, 1.82) is 0 Å². The number of hydrogen-bond donors (Lipinski definition) is 7. The number of carboxylic acids is 1. The van der Waals surface area contributed by atoms with Crippen LogP contribution in [0, 0.1) is 5.92 Å². The van der Waals surface area contributed by atoms with Crippen LogP contribution in [0.2, 0.25) is 0 Å². The predicted octanol–water partition coefficient (Wildman–Crippen LogP) is -0.867. The molecule has 1 aromatic rings. The number of nitrogens with two attached hydrogens (primary N) is 2. The molecule has 0 saturated heterocycles. The molecule has 0 aromatic heterocycles. The van der Waals surface area contributed by atoms with Crippen LogP contribution in [0.15, 0.2) is 24.3 Å². The van der Waals surface area contributed by atoms with Crippen molar-refractivity contribution >= 4 is 29.6 Å². The first-order valence-electron chi connectivity index (χ1n) is 11.3. The number of carbonyl (C=O) groups excluding carboxylic acids is 4. The minimum atomic E-state index is -1.34. The number of primary amides is 1. The maximum absolute atomic E-state index is 13.0. The molecule has 0 heterocycles. The molecule has 5 atom stereocenters. The Balaban J connectivity index is 3.06. The van der Waals surface area contributed by atoms with E-state index in [1.165, 1.54) is 31.2 Å². The topological polar surface area (TPSA) is 214 Å². The molecule has 12 heteroatoms. The van der Waals surface area contributed by atoms with Gasteiger partial charge in [-0.2, -0.15) is 0 Å². The first-order valence-corrected chi connectivity index (χ1v) is 11.3. The van der Waals surface area contributed by atoms with E-state index in [1.54, 1.807) is 6.92 Å². The van der Waals surface area contributed by atoms with E-state index in [9.17, 15) is 34.2 Å². The van der Waals surface area contributed by atoms with Crippen molar-refractivity contribution in [2.24, 2.45) is 17.4 Å². The van der Waals surface area contributed by atoms with Gasteiger partial charge in [0.2, 0.25) is 23.6 Å². The molecule has 35 heavy (non-hydrogen) atoms. The van der Waals surface area contributed by atoms with Crippen molar-refractivity contribution in [3.63, 3.8) is 0 Å². The summed E-state index contributed by atoms with van der Waals surface area (Å²) in [6.45, 7) is 5.02. The molecule has 0 radical (unpaired) electrons. The van der Waals surface area contributed by atoms with Crippen molar-refractivity contribution in [3.8, 4) is 5.75 Å². The zero-order valence-corrected chi connectivity index (χ0v) is 20.1. The Morgan fingerprint density at radius 3 is 1.97 bits per heavy atom. The largest absolute Gasteiger partial charge is 0.508 e. The summed E-state index contributed by atoms with van der Waals surface area (Å²) in [5, 5.41) is 26.4. The fourth-order valence-electron chi connectivity index (χ4n) is 3.14. The highest BCUT2D eigenvalue weighted by atomic mass is 16.4. The second-order valence-electron chi connectivity index (χ2n) is 8.50. The third kappa shape index (κ3) is 10.0. The third-order valence-electron chi connectivity index (χ3n) is 5.51. The average molecular weight is 494 g/mol. The van der Waals surface area contributed by atoms with Gasteiger partial charge in [0, 0.05) is 12.8 Å². The zero-order chi connectivity index (χ0) is 26.7. The number of aromatic hydroxyl groups is 1. The first-order chi connectivity index (χ1) is 16.3. The van der Waals surface area contributed by atoms with Crippen LogP contribution < -0.4 is 27.4 Å². The van der Waals surface area contributed by atoms with Crippen molar-refractivity contribution in [2.45, 2.75) is 70.6 Å². The van der Waals surface area contributed by atoms with E-state index < -0.39 is 53.8 Å². The first kappa shape index (κ1) is 29.4. The fraction of sp³-hybridized carbons (Fsp3) is 0.522. The smallest absolute Gasteiger partial charge is 0.326 e. The van der Waals surface area contributed by atoms with E-state index in [0.29, 0.717) is 12.0 Å². The highest BCUT2D eigenvalue weighted by Crippen LogP contribution is 2.13. The third-order valence-corrected chi connectivity index (χ3v) is 5.51. The lowest BCUT2D eigenvalue weighted by atomic mass is 9.97. The van der Waals surface area contributed by atoms with E-state index in [0.717, 1.165) is 0 Å². The molecule has 0 aliphatic rings. The fourth-order valence-corrected chi connectivity index (χ4v) is 3.14. The average Bonchev–Trinajstić information content (AvgIpc) is 2.79. The number of amides is 4. The lowest BCUT2D eigenvalue weighted by Crippen LogP contribution is -2.58. The normalized spacial score (nSPS) is 15.1. The van der Waals surface area contributed by atoms with Crippen LogP contribution in [0.5, 0.6) is 5.75 Å². The molecule has 0 fully saturated rings. The number of carboxylic acid groups (broad SMARTS) is 1. The SMILES string of the molecule is CCC(C)C(NC(=O)C(C)N)C(=O)NC(CCC(N)=O)C(=O)NC(Cc1ccc(O)cc1)C(=O)O. The predicted molar refractivity (Wildman–Crippen MR) is 127 cm³/mol. The molecule has 0 aliphatic carbocycles. The maximum atomic E-state index is 13.0. The number of nitrogens with one attached hydrogen (secondary N) is 3. The summed E-state index contributed by atoms with van der Waals surface area (Å²) in [5.41, 5.74) is 11.3. The van der Waals surface area contributed by atoms with E-state index in [-0.39, 0.29) is 30.9 Å². The van der Waals surface area contributed by atoms with Crippen molar-refractivity contribution in [2.75, 3.05) is 0 Å². The van der Waals surface area contributed by atoms with Gasteiger partial charge in [-0.25, -0.2) is 4.79 Å². The van der Waals surface area contributed by atoms with Crippen LogP contribution in [0.1, 0.15) is 45.6 Å². The van der Waals surface area contributed by atoms with Crippen LogP contribution in [0.25, 0.3) is 0 Å². The highest BCUT2D eigenvalue weighted by molar-refractivity contribution is 5.94. The molecule has 1 rings (SSSR count). The summed E-state index contributed by atoms with van der Waals surface area (Å²) < 4.78 is 0. The van der Waals surface area contributed by atoms with Gasteiger partial charge in [0.1, 0.15) is 23.9 Å². The summed E-state index contributed by atoms with van der Waals surface area (Å²) in [6, 6.07) is 1.31. The lowest BCUT2D eigenvalue weighted by Gasteiger charge is -2.27. The monoisotopic (exact) mass is 493 g/mol. The van der Waals surface area contributed by atoms with Gasteiger partial charge in [-0.05, 0) is 37.0 Å². The number of rotatable bonds is 14. The van der Waals surface area contributed by atoms with Crippen LogP contribution in [0.3, 0.4) is 0 Å². The Morgan fingerprint density at radius 2 is 1.49 bits per heavy atom. The van der Waals surface area contributed by atoms with Gasteiger partial charge in [-0.3, -0.25) is 19.2 Å². The maximum Gasteiger partial charge on any atom is 0.326 e. The molecule has 194 valence electrons. The number of carbonyl (C=O) groups is 5. The van der Waals surface area contributed by atoms with Crippen LogP contribution >= 0.6 is 0 Å². The Kier molecular flexibility index (Phi) is 11.7. The number of hydrogen-bond acceptors (Lipinski definition) is 7. The van der Waals surface area contributed by atoms with E-state index in [1.807, 2.05) is 6.92 Å². The molecule has 12 nitrogen and oxygen atoms in total. The second-order valence-corrected chi connectivity index (χ2v) is 8.50. The van der Waals surface area contributed by atoms with E-state index in [2.05, 4.69) is 16.0 Å². The Morgan fingerprint density at radius 1 is 0.914 bits per heavy atom. The van der Waals surface area contributed by atoms with E-state index >= 15 is 0 Å². The molecular formula is C23H35N5O7. The van der Waals surface area contributed by atoms with Gasteiger partial charge >= 0.3 is 5.97 Å². The van der Waals surface area contributed by atoms with Gasteiger partial charge in [0.05, 0.1) is 6.04 Å². The number of phenols is 1. The quantitative estimate of drug-likeness (QED) is 0.172. The highest BCUT2D eigenvalue weighted by Gasteiger charge is 2.32. The molecule has 5 unspecified atom stereocenters. The van der Waals surface area contributed by atoms with Gasteiger partial charge in [-0.1, -0.05) is 32.4 Å². The summed E-state index contributed by atoms with van der Waals surface area (Å²) in [6.07, 6.45) is 0.0299. The summed E-state index contributed by atoms with van der Waals surface area (Å²) in [5.74, 6) is -4.38. The number of phenolic OH excluding ortho intramolecular Hbond substituents is 1. The van der Waals surface area contributed by atoms with Crippen LogP contribution in [0.4, 0.5) is 0 Å². The van der Waals surface area contributed by atoms with Gasteiger partial charge in [-0.15, -0.1) is 0 Å². The summed E-state index contributed by atoms with van der Waals surface area (Å²) in [7, 11) is 0. The van der Waals surface area contributed by atoms with Gasteiger partial charge in [0.15, 0.2) is 0 Å². The van der Waals surface area contributed by atoms with Gasteiger partial charge in [0.25, 0.3) is 0 Å². The molecule has 1 aromatic carbocycles. The number of benzene rings is 1. The molecule has 0 bridgehead atoms. The second kappa shape index (κ2) is 13.9. The molecule has 0 saturated carbocycles. The van der Waals surface area contributed by atoms with Crippen molar-refractivity contribution in [3.05, 3.63) is 29.8 Å². The summed E-state index contributed by atoms with van der Waals surface area (Å²) >= 11 is 0. The van der Waals surface area contributed by atoms with Crippen LogP contribution in [-0.4, -0.2) is 64.0 Å². The van der Waals surface area contributed by atoms with Crippen molar-refractivity contribution < 1.29 is 34.2 Å². The zero-order valence-electron chi connectivity index (χ0n) is 20.1. The molecule has 4 amide bonds. The molecule has 0 aliphatic heterocycles. The summed E-state index contributed by atoms with van der Waals surface area (Å²) in [4.78, 5) is 61.1. The van der Waals surface area contributed by atoms with E-state index in [4.69, 9.17) is 11.5 Å². The standard InChI is InChI=1S/C23H35N5O7/c1-4-12(2)19(28-20(31)13(3)24)22(33)26-16(9-10-18(25)30)21(32)27-17(23(34)35)11-14-5-7-15(29)8-6-14/h5-8,12-13,16-17,19,29H,4,9-11,24H2,1-3H3,(H2,25,30)(H,26,33)(H,27,32)(H,28,31)(H,34,35). The number of aliphatic carboxylic acids is 1. The molecule has 0 spiro atoms. The minimum absolute atomic E-state index is 0.00544. The molecule has 9 N–H and O–H groups in total. The van der Waals surface area contributed by atoms with Crippen LogP contribution in [-0.2, 0) is 30.4 Å². The van der Waals surface area contributed by atoms with Gasteiger partial charge < -0.3 is 37.6 Å². The minimum Gasteiger partial charge on any atom is -0.508 e. The lowest BCUT2D eigenvalue weighted by molar-refractivity contribution is -0.142. The Bertz CT molecular complexity index is 904. The Hall–Kier alpha value is -3.67.